The summed E-state index contributed by atoms with van der Waals surface area (Å²) in [6.45, 7) is -0.748. The average Bonchev–Trinajstić information content (AvgIpc) is 3.96. The van der Waals surface area contributed by atoms with Gasteiger partial charge in [-0.05, 0) is 60.7 Å². The highest BCUT2D eigenvalue weighted by atomic mass is 32.1. The maximum atomic E-state index is 14.4. The molecule has 318 valence electrons. The first-order valence-corrected chi connectivity index (χ1v) is 20.7. The number of carbonyl (C=O) groups excluding carboxylic acids is 5. The molecule has 14 nitrogen and oxygen atoms in total. The van der Waals surface area contributed by atoms with Crippen molar-refractivity contribution >= 4 is 46.1 Å². The van der Waals surface area contributed by atoms with Crippen molar-refractivity contribution in [3.63, 3.8) is 0 Å². The van der Waals surface area contributed by atoms with Gasteiger partial charge in [-0.15, -0.1) is 10.2 Å². The number of aromatic nitrogens is 4. The summed E-state index contributed by atoms with van der Waals surface area (Å²) in [6, 6.07) is 49.0. The second kappa shape index (κ2) is 20.0. The number of nitrogens with zero attached hydrogens (tertiary/aromatic N) is 4. The van der Waals surface area contributed by atoms with E-state index in [0.717, 1.165) is 5.56 Å². The molecule has 2 heterocycles. The summed E-state index contributed by atoms with van der Waals surface area (Å²) in [4.78, 5) is 70.7. The van der Waals surface area contributed by atoms with Crippen LogP contribution in [0.2, 0.25) is 0 Å². The van der Waals surface area contributed by atoms with Crippen LogP contribution in [0.1, 0.15) is 63.7 Å². The van der Waals surface area contributed by atoms with Gasteiger partial charge >= 0.3 is 29.8 Å². The minimum Gasteiger partial charge on any atom is -0.458 e. The maximum absolute atomic E-state index is 14.4. The molecule has 0 radical (unpaired) electrons. The Labute approximate surface area is 369 Å². The Bertz CT molecular complexity index is 2850. The number of ether oxygens (including phenoxy) is 5. The van der Waals surface area contributed by atoms with Gasteiger partial charge in [-0.2, -0.15) is 9.61 Å². The van der Waals surface area contributed by atoms with Crippen molar-refractivity contribution in [1.29, 1.82) is 0 Å². The summed E-state index contributed by atoms with van der Waals surface area (Å²) < 4.78 is 32.1. The highest BCUT2D eigenvalue weighted by Gasteiger charge is 2.48. The van der Waals surface area contributed by atoms with E-state index in [1.165, 1.54) is 76.5 Å². The van der Waals surface area contributed by atoms with Gasteiger partial charge in [0.25, 0.3) is 0 Å². The molecule has 0 aliphatic carbocycles. The van der Waals surface area contributed by atoms with E-state index in [1.54, 1.807) is 91.0 Å². The van der Waals surface area contributed by atoms with Crippen LogP contribution in [0.25, 0.3) is 15.5 Å². The predicted molar refractivity (Wildman–Crippen MR) is 232 cm³/mol. The molecule has 0 aliphatic heterocycles. The Morgan fingerprint density at radius 1 is 0.453 bits per heavy atom. The zero-order valence-corrected chi connectivity index (χ0v) is 34.4. The lowest BCUT2D eigenvalue weighted by atomic mass is 10.0. The summed E-state index contributed by atoms with van der Waals surface area (Å²) in [6.07, 6.45) is -7.40. The van der Waals surface area contributed by atoms with Crippen LogP contribution >= 0.6 is 11.3 Å². The number of esters is 5. The average molecular weight is 873 g/mol. The van der Waals surface area contributed by atoms with E-state index in [9.17, 15) is 24.0 Å². The monoisotopic (exact) mass is 872 g/mol. The van der Waals surface area contributed by atoms with E-state index in [4.69, 9.17) is 28.8 Å². The zero-order valence-electron chi connectivity index (χ0n) is 33.6. The Balaban J connectivity index is 1.31. The van der Waals surface area contributed by atoms with E-state index in [-0.39, 0.29) is 38.6 Å². The standard InChI is InChI=1S/C49H36N4O10S/c54-44(33-21-9-2-10-22-33)59-31-38(60-45(55)34-23-11-3-12-24-34)39(61-46(56)35-25-13-4-14-26-35)40(62-47(57)36-27-15-5-16-28-36)41(63-48(58)37-29-17-6-18-30-37)42-50-51-49-53(42)52-43(64-49)32-19-7-1-8-20-32/h1-30,38-41H,31H2/t38-,39-,40+,41-/m1/s1. The molecule has 0 bridgehead atoms. The molecule has 2 aromatic heterocycles. The van der Waals surface area contributed by atoms with Gasteiger partial charge < -0.3 is 23.7 Å². The molecule has 0 amide bonds. The smallest absolute Gasteiger partial charge is 0.338 e. The van der Waals surface area contributed by atoms with Gasteiger partial charge in [0.1, 0.15) is 11.6 Å². The minimum absolute atomic E-state index is 0.0600. The van der Waals surface area contributed by atoms with Gasteiger partial charge in [0, 0.05) is 5.56 Å². The molecule has 64 heavy (non-hydrogen) atoms. The molecule has 6 aromatic carbocycles. The van der Waals surface area contributed by atoms with Crippen LogP contribution in [0.5, 0.6) is 0 Å². The van der Waals surface area contributed by atoms with Gasteiger partial charge in [0.2, 0.25) is 16.9 Å². The molecule has 8 aromatic rings. The normalized spacial score (nSPS) is 12.8. The van der Waals surface area contributed by atoms with E-state index in [2.05, 4.69) is 10.2 Å². The third kappa shape index (κ3) is 10.1. The fourth-order valence-corrected chi connectivity index (χ4v) is 7.36. The highest BCUT2D eigenvalue weighted by Crippen LogP contribution is 2.34. The van der Waals surface area contributed by atoms with Crippen LogP contribution < -0.4 is 0 Å². The number of rotatable bonds is 16. The third-order valence-electron chi connectivity index (χ3n) is 9.68. The van der Waals surface area contributed by atoms with Gasteiger partial charge in [0.05, 0.1) is 27.8 Å². The van der Waals surface area contributed by atoms with Crippen LogP contribution in [0.3, 0.4) is 0 Å². The number of fused-ring (bicyclic) bond motifs is 1. The number of benzene rings is 6. The molecule has 0 saturated heterocycles. The molecule has 0 fully saturated rings. The molecule has 4 atom stereocenters. The Morgan fingerprint density at radius 2 is 0.844 bits per heavy atom. The Hall–Kier alpha value is -8.30. The first-order valence-electron chi connectivity index (χ1n) is 19.9. The molecule has 15 heteroatoms. The van der Waals surface area contributed by atoms with E-state index >= 15 is 0 Å². The van der Waals surface area contributed by atoms with Crippen LogP contribution in [-0.2, 0) is 23.7 Å². The van der Waals surface area contributed by atoms with E-state index < -0.39 is 60.9 Å². The van der Waals surface area contributed by atoms with Crippen LogP contribution in [-0.4, -0.2) is 74.6 Å². The van der Waals surface area contributed by atoms with Crippen LogP contribution in [0.4, 0.5) is 0 Å². The molecule has 8 rings (SSSR count). The fourth-order valence-electron chi connectivity index (χ4n) is 6.51. The van der Waals surface area contributed by atoms with E-state index in [1.807, 2.05) is 30.3 Å². The first kappa shape index (κ1) is 42.4. The summed E-state index contributed by atoms with van der Waals surface area (Å²) in [7, 11) is 0. The van der Waals surface area contributed by atoms with Gasteiger partial charge in [-0.1, -0.05) is 133 Å². The molecule has 0 saturated carbocycles. The summed E-state index contributed by atoms with van der Waals surface area (Å²) in [5, 5.41) is 14.0. The molecule has 0 aliphatic rings. The second-order valence-corrected chi connectivity index (χ2v) is 14.9. The Kier molecular flexibility index (Phi) is 13.3. The minimum atomic E-state index is -1.92. The maximum Gasteiger partial charge on any atom is 0.338 e. The summed E-state index contributed by atoms with van der Waals surface area (Å²) in [5.41, 5.74) is 1.23. The molecule has 0 N–H and O–H groups in total. The summed E-state index contributed by atoms with van der Waals surface area (Å²) in [5.74, 6) is -4.69. The van der Waals surface area contributed by atoms with Crippen molar-refractivity contribution in [1.82, 2.24) is 19.8 Å². The second-order valence-electron chi connectivity index (χ2n) is 14.0. The van der Waals surface area contributed by atoms with Crippen molar-refractivity contribution in [2.24, 2.45) is 0 Å². The molecule has 0 spiro atoms. The summed E-state index contributed by atoms with van der Waals surface area (Å²) >= 11 is 1.18. The van der Waals surface area contributed by atoms with Crippen LogP contribution in [0, 0.1) is 0 Å². The van der Waals surface area contributed by atoms with Crippen molar-refractivity contribution in [3.05, 3.63) is 216 Å². The van der Waals surface area contributed by atoms with Crippen molar-refractivity contribution < 1.29 is 47.7 Å². The molecule has 0 unspecified atom stereocenters. The van der Waals surface area contributed by atoms with Crippen LogP contribution in [0.15, 0.2) is 182 Å². The number of hydrogen-bond donors (Lipinski definition) is 0. The highest BCUT2D eigenvalue weighted by molar-refractivity contribution is 7.19. The van der Waals surface area contributed by atoms with Crippen molar-refractivity contribution in [2.45, 2.75) is 24.4 Å². The molecular weight excluding hydrogens is 837 g/mol. The molecular formula is C49H36N4O10S. The lowest BCUT2D eigenvalue weighted by molar-refractivity contribution is -0.134. The lowest BCUT2D eigenvalue weighted by Crippen LogP contribution is -2.51. The van der Waals surface area contributed by atoms with E-state index in [0.29, 0.717) is 5.01 Å². The quantitative estimate of drug-likeness (QED) is 0.0671. The number of carbonyl (C=O) groups is 5. The first-order chi connectivity index (χ1) is 31.3. The fraction of sp³-hybridized carbons (Fsp3) is 0.102. The lowest BCUT2D eigenvalue weighted by Gasteiger charge is -2.35. The topological polar surface area (TPSA) is 175 Å². The third-order valence-corrected chi connectivity index (χ3v) is 10.6. The predicted octanol–water partition coefficient (Wildman–Crippen LogP) is 8.28. The van der Waals surface area contributed by atoms with Gasteiger partial charge in [-0.3, -0.25) is 0 Å². The SMILES string of the molecule is O=C(OC[C@@H](OC(=O)c1ccccc1)[C@@H](OC(=O)c1ccccc1)[C@H](OC(=O)c1ccccc1)[C@@H](OC(=O)c1ccccc1)c1nnc2sc(-c3ccccc3)nn12)c1ccccc1. The largest absolute Gasteiger partial charge is 0.458 e. The van der Waals surface area contributed by atoms with Crippen molar-refractivity contribution in [3.8, 4) is 10.6 Å². The zero-order chi connectivity index (χ0) is 44.3. The number of hydrogen-bond acceptors (Lipinski definition) is 14. The van der Waals surface area contributed by atoms with Crippen molar-refractivity contribution in [2.75, 3.05) is 6.61 Å². The van der Waals surface area contributed by atoms with Gasteiger partial charge in [0.15, 0.2) is 18.3 Å². The Morgan fingerprint density at radius 3 is 1.31 bits per heavy atom. The van der Waals surface area contributed by atoms with Gasteiger partial charge in [-0.25, -0.2) is 24.0 Å².